The van der Waals surface area contributed by atoms with Crippen molar-refractivity contribution in [3.8, 4) is 0 Å². The van der Waals surface area contributed by atoms with Crippen molar-refractivity contribution >= 4 is 10.9 Å². The molecule has 7 heteroatoms. The van der Waals surface area contributed by atoms with Gasteiger partial charge in [-0.3, -0.25) is 14.3 Å². The monoisotopic (exact) mass is 371 g/mol. The lowest BCUT2D eigenvalue weighted by atomic mass is 10.0. The Balaban J connectivity index is 1.28. The molecule has 0 bridgehead atoms. The molecule has 0 saturated heterocycles. The summed E-state index contributed by atoms with van der Waals surface area (Å²) in [6.45, 7) is 2.08. The van der Waals surface area contributed by atoms with Gasteiger partial charge in [-0.05, 0) is 41.9 Å². The quantitative estimate of drug-likeness (QED) is 0.550. The molecule has 3 aromatic heterocycles. The Morgan fingerprint density at radius 3 is 3.04 bits per heavy atom. The summed E-state index contributed by atoms with van der Waals surface area (Å²) in [5.74, 6) is 2.59. The van der Waals surface area contributed by atoms with Gasteiger partial charge in [0.25, 0.3) is 5.56 Å². The van der Waals surface area contributed by atoms with E-state index in [0.29, 0.717) is 34.5 Å². The van der Waals surface area contributed by atoms with Gasteiger partial charge in [0.05, 0.1) is 23.4 Å². The first-order chi connectivity index (χ1) is 13.7. The Bertz CT molecular complexity index is 1290. The summed E-state index contributed by atoms with van der Waals surface area (Å²) >= 11 is 0. The third-order valence-electron chi connectivity index (χ3n) is 6.05. The van der Waals surface area contributed by atoms with Crippen LogP contribution in [0.4, 0.5) is 0 Å². The summed E-state index contributed by atoms with van der Waals surface area (Å²) in [5, 5.41) is 4.78. The highest BCUT2D eigenvalue weighted by Crippen LogP contribution is 2.65. The molecule has 4 aromatic rings. The molecule has 1 fully saturated rings. The molecule has 7 nitrogen and oxygen atoms in total. The van der Waals surface area contributed by atoms with E-state index in [-0.39, 0.29) is 12.1 Å². The molecule has 1 saturated carbocycles. The zero-order valence-corrected chi connectivity index (χ0v) is 15.2. The van der Waals surface area contributed by atoms with E-state index in [2.05, 4.69) is 44.4 Å². The lowest BCUT2D eigenvalue weighted by Gasteiger charge is -2.05. The number of aromatic nitrogens is 5. The van der Waals surface area contributed by atoms with Crippen molar-refractivity contribution in [3.05, 3.63) is 81.7 Å². The standard InChI is InChI=1S/C21H17N5O2/c1-11-7-22-8-15-17(11)21(27)26(10-23-15)9-16-24-20(25-28-16)19-14-6-12-4-2-3-5-13(12)18(14)19/h2-5,7-8,10,14,18-19H,6,9H2,1H3/t14-,18+,19+/m0/s1. The van der Waals surface area contributed by atoms with Crippen LogP contribution in [0, 0.1) is 12.8 Å². The molecule has 0 amide bonds. The summed E-state index contributed by atoms with van der Waals surface area (Å²) in [4.78, 5) is 25.8. The zero-order valence-electron chi connectivity index (χ0n) is 15.2. The minimum atomic E-state index is -0.123. The Kier molecular flexibility index (Phi) is 3.12. The normalized spacial score (nSPS) is 22.2. The zero-order chi connectivity index (χ0) is 18.8. The highest BCUT2D eigenvalue weighted by atomic mass is 16.5. The Labute approximate surface area is 160 Å². The molecular formula is C21H17N5O2. The first-order valence-corrected chi connectivity index (χ1v) is 9.41. The van der Waals surface area contributed by atoms with E-state index in [0.717, 1.165) is 17.8 Å². The molecule has 0 aliphatic heterocycles. The predicted molar refractivity (Wildman–Crippen MR) is 101 cm³/mol. The van der Waals surface area contributed by atoms with Gasteiger partial charge in [-0.2, -0.15) is 4.98 Å². The fourth-order valence-corrected chi connectivity index (χ4v) is 4.68. The van der Waals surface area contributed by atoms with E-state index in [1.165, 1.54) is 22.0 Å². The van der Waals surface area contributed by atoms with E-state index in [1.807, 2.05) is 6.92 Å². The number of hydrogen-bond donors (Lipinski definition) is 0. The van der Waals surface area contributed by atoms with Crippen molar-refractivity contribution in [2.75, 3.05) is 0 Å². The van der Waals surface area contributed by atoms with Crippen LogP contribution in [-0.4, -0.2) is 24.7 Å². The van der Waals surface area contributed by atoms with Gasteiger partial charge in [0, 0.05) is 12.1 Å². The maximum atomic E-state index is 12.8. The van der Waals surface area contributed by atoms with Crippen molar-refractivity contribution < 1.29 is 4.52 Å². The maximum absolute atomic E-state index is 12.8. The molecule has 3 heterocycles. The minimum Gasteiger partial charge on any atom is -0.337 e. The van der Waals surface area contributed by atoms with E-state index < -0.39 is 0 Å². The van der Waals surface area contributed by atoms with Crippen molar-refractivity contribution in [1.29, 1.82) is 0 Å². The van der Waals surface area contributed by atoms with Crippen molar-refractivity contribution in [1.82, 2.24) is 24.7 Å². The van der Waals surface area contributed by atoms with Crippen molar-refractivity contribution in [2.24, 2.45) is 5.92 Å². The van der Waals surface area contributed by atoms with Gasteiger partial charge in [0.2, 0.25) is 5.89 Å². The first-order valence-electron chi connectivity index (χ1n) is 9.41. The molecule has 2 aliphatic carbocycles. The summed E-state index contributed by atoms with van der Waals surface area (Å²) < 4.78 is 6.97. The number of rotatable bonds is 3. The molecule has 0 unspecified atom stereocenters. The van der Waals surface area contributed by atoms with Crippen LogP contribution < -0.4 is 5.56 Å². The highest BCUT2D eigenvalue weighted by Gasteiger charge is 2.58. The molecule has 2 aliphatic rings. The van der Waals surface area contributed by atoms with E-state index >= 15 is 0 Å². The van der Waals surface area contributed by atoms with Crippen LogP contribution in [0.2, 0.25) is 0 Å². The highest BCUT2D eigenvalue weighted by molar-refractivity contribution is 5.79. The maximum Gasteiger partial charge on any atom is 0.262 e. The van der Waals surface area contributed by atoms with E-state index in [1.54, 1.807) is 12.4 Å². The van der Waals surface area contributed by atoms with E-state index in [4.69, 9.17) is 4.52 Å². The minimum absolute atomic E-state index is 0.123. The molecule has 1 aromatic carbocycles. The van der Waals surface area contributed by atoms with Crippen LogP contribution in [0.3, 0.4) is 0 Å². The number of hydrogen-bond acceptors (Lipinski definition) is 6. The number of pyridine rings is 1. The Hall–Kier alpha value is -3.35. The third-order valence-corrected chi connectivity index (χ3v) is 6.05. The predicted octanol–water partition coefficient (Wildman–Crippen LogP) is 2.58. The topological polar surface area (TPSA) is 86.7 Å². The molecule has 6 rings (SSSR count). The van der Waals surface area contributed by atoms with Crippen LogP contribution >= 0.6 is 0 Å². The molecule has 0 spiro atoms. The summed E-state index contributed by atoms with van der Waals surface area (Å²) in [6.07, 6.45) is 5.86. The van der Waals surface area contributed by atoms with Gasteiger partial charge in [-0.15, -0.1) is 0 Å². The SMILES string of the molecule is Cc1cncc2ncn(Cc3nc([C@@H]4[C@H]5Cc6ccccc6[C@H]54)no3)c(=O)c12. The second-order valence-electron chi connectivity index (χ2n) is 7.69. The van der Waals surface area contributed by atoms with Crippen LogP contribution in [0.5, 0.6) is 0 Å². The molecule has 0 radical (unpaired) electrons. The number of aryl methyl sites for hydroxylation is 1. The first kappa shape index (κ1) is 15.7. The summed E-state index contributed by atoms with van der Waals surface area (Å²) in [6, 6.07) is 8.60. The van der Waals surface area contributed by atoms with Gasteiger partial charge in [0.15, 0.2) is 5.82 Å². The fourth-order valence-electron chi connectivity index (χ4n) is 4.68. The van der Waals surface area contributed by atoms with Gasteiger partial charge in [-0.25, -0.2) is 4.98 Å². The summed E-state index contributed by atoms with van der Waals surface area (Å²) in [7, 11) is 0. The van der Waals surface area contributed by atoms with Gasteiger partial charge in [-0.1, -0.05) is 29.4 Å². The van der Waals surface area contributed by atoms with Crippen molar-refractivity contribution in [3.63, 3.8) is 0 Å². The molecule has 28 heavy (non-hydrogen) atoms. The fraction of sp³-hybridized carbons (Fsp3) is 0.286. The number of nitrogens with zero attached hydrogens (tertiary/aromatic N) is 5. The second kappa shape index (κ2) is 5.58. The van der Waals surface area contributed by atoms with Crippen molar-refractivity contribution in [2.45, 2.75) is 31.7 Å². The van der Waals surface area contributed by atoms with Gasteiger partial charge < -0.3 is 4.52 Å². The molecular weight excluding hydrogens is 354 g/mol. The Morgan fingerprint density at radius 2 is 2.11 bits per heavy atom. The van der Waals surface area contributed by atoms with Crippen LogP contribution in [0.1, 0.15) is 40.2 Å². The van der Waals surface area contributed by atoms with Crippen LogP contribution in [-0.2, 0) is 13.0 Å². The summed E-state index contributed by atoms with van der Waals surface area (Å²) in [5.41, 5.74) is 4.14. The largest absolute Gasteiger partial charge is 0.337 e. The lowest BCUT2D eigenvalue weighted by Crippen LogP contribution is -2.22. The smallest absolute Gasteiger partial charge is 0.262 e. The lowest BCUT2D eigenvalue weighted by molar-refractivity contribution is 0.364. The van der Waals surface area contributed by atoms with E-state index in [9.17, 15) is 4.79 Å². The average Bonchev–Trinajstić information content (AvgIpc) is 3.04. The molecule has 3 atom stereocenters. The molecule has 138 valence electrons. The molecule has 0 N–H and O–H groups in total. The van der Waals surface area contributed by atoms with Gasteiger partial charge in [0.1, 0.15) is 6.54 Å². The van der Waals surface area contributed by atoms with Crippen LogP contribution in [0.25, 0.3) is 10.9 Å². The second-order valence-corrected chi connectivity index (χ2v) is 7.69. The third kappa shape index (κ3) is 2.19. The Morgan fingerprint density at radius 1 is 1.21 bits per heavy atom. The average molecular weight is 371 g/mol. The van der Waals surface area contributed by atoms with Crippen LogP contribution in [0.15, 0.2) is 52.3 Å². The number of fused-ring (bicyclic) bond motifs is 4. The number of benzene rings is 1. The van der Waals surface area contributed by atoms with Gasteiger partial charge >= 0.3 is 0 Å².